The molecule has 0 fully saturated rings. The van der Waals surface area contributed by atoms with Crippen molar-refractivity contribution in [2.24, 2.45) is 0 Å². The highest BCUT2D eigenvalue weighted by Gasteiger charge is 2.09. The molecule has 0 radical (unpaired) electrons. The maximum atomic E-state index is 4.29. The summed E-state index contributed by atoms with van der Waals surface area (Å²) >= 11 is 0. The quantitative estimate of drug-likeness (QED) is 0.779. The van der Waals surface area contributed by atoms with Gasteiger partial charge < -0.3 is 5.32 Å². The van der Waals surface area contributed by atoms with Crippen molar-refractivity contribution in [3.63, 3.8) is 0 Å². The number of hydrogen-bond acceptors (Lipinski definition) is 3. The molecule has 84 valence electrons. The molecule has 2 unspecified atom stereocenters. The van der Waals surface area contributed by atoms with Gasteiger partial charge in [0.15, 0.2) is 0 Å². The Balaban J connectivity index is 2.38. The molecule has 1 N–H and O–H groups in total. The Hall–Kier alpha value is -0.960. The summed E-state index contributed by atoms with van der Waals surface area (Å²) in [6.07, 6.45) is 9.03. The highest BCUT2D eigenvalue weighted by atomic mass is 15.0. The number of nitrogens with zero attached hydrogens (tertiary/aromatic N) is 2. The molecule has 0 bridgehead atoms. The van der Waals surface area contributed by atoms with Crippen LogP contribution in [0, 0.1) is 0 Å². The number of unbranched alkanes of at least 4 members (excludes halogenated alkanes) is 1. The molecule has 0 aliphatic rings. The fraction of sp³-hybridized carbons (Fsp3) is 0.667. The predicted octanol–water partition coefficient (Wildman–Crippen LogP) is 2.71. The van der Waals surface area contributed by atoms with E-state index in [0.717, 1.165) is 5.69 Å². The Labute approximate surface area is 92.3 Å². The molecule has 0 amide bonds. The van der Waals surface area contributed by atoms with E-state index in [2.05, 4.69) is 36.1 Å². The van der Waals surface area contributed by atoms with E-state index < -0.39 is 0 Å². The summed E-state index contributed by atoms with van der Waals surface area (Å²) in [7, 11) is 0. The van der Waals surface area contributed by atoms with Crippen LogP contribution in [0.2, 0.25) is 0 Å². The summed E-state index contributed by atoms with van der Waals surface area (Å²) in [6, 6.07) is 0.826. The van der Waals surface area contributed by atoms with Gasteiger partial charge in [-0.3, -0.25) is 9.97 Å². The summed E-state index contributed by atoms with van der Waals surface area (Å²) in [6.45, 7) is 6.58. The second-order valence-electron chi connectivity index (χ2n) is 4.06. The van der Waals surface area contributed by atoms with Gasteiger partial charge >= 0.3 is 0 Å². The molecule has 2 atom stereocenters. The van der Waals surface area contributed by atoms with Gasteiger partial charge in [-0.2, -0.15) is 0 Å². The van der Waals surface area contributed by atoms with Crippen LogP contribution >= 0.6 is 0 Å². The Morgan fingerprint density at radius 1 is 1.33 bits per heavy atom. The van der Waals surface area contributed by atoms with Crippen LogP contribution in [0.15, 0.2) is 18.6 Å². The minimum Gasteiger partial charge on any atom is -0.306 e. The highest BCUT2D eigenvalue weighted by molar-refractivity contribution is 5.00. The number of rotatable bonds is 6. The predicted molar refractivity (Wildman–Crippen MR) is 62.6 cm³/mol. The van der Waals surface area contributed by atoms with Gasteiger partial charge in [0.1, 0.15) is 0 Å². The van der Waals surface area contributed by atoms with Crippen LogP contribution in [-0.2, 0) is 0 Å². The number of nitrogens with one attached hydrogen (secondary N) is 1. The summed E-state index contributed by atoms with van der Waals surface area (Å²) in [5, 5.41) is 3.53. The first-order chi connectivity index (χ1) is 7.24. The van der Waals surface area contributed by atoms with Crippen molar-refractivity contribution in [1.82, 2.24) is 15.3 Å². The third kappa shape index (κ3) is 4.38. The zero-order valence-corrected chi connectivity index (χ0v) is 9.90. The SMILES string of the molecule is CCCCC(C)NC(C)c1cnccn1. The Bertz CT molecular complexity index is 261. The first-order valence-corrected chi connectivity index (χ1v) is 5.76. The van der Waals surface area contributed by atoms with E-state index in [1.165, 1.54) is 19.3 Å². The molecule has 0 saturated carbocycles. The molecule has 0 spiro atoms. The zero-order chi connectivity index (χ0) is 11.1. The second-order valence-corrected chi connectivity index (χ2v) is 4.06. The Morgan fingerprint density at radius 2 is 2.13 bits per heavy atom. The summed E-state index contributed by atoms with van der Waals surface area (Å²) < 4.78 is 0. The lowest BCUT2D eigenvalue weighted by Gasteiger charge is -2.19. The first-order valence-electron chi connectivity index (χ1n) is 5.76. The van der Waals surface area contributed by atoms with Crippen molar-refractivity contribution in [1.29, 1.82) is 0 Å². The Morgan fingerprint density at radius 3 is 2.73 bits per heavy atom. The van der Waals surface area contributed by atoms with Crippen LogP contribution < -0.4 is 5.32 Å². The lowest BCUT2D eigenvalue weighted by molar-refractivity contribution is 0.438. The molecule has 0 aliphatic carbocycles. The van der Waals surface area contributed by atoms with Crippen molar-refractivity contribution >= 4 is 0 Å². The van der Waals surface area contributed by atoms with Crippen molar-refractivity contribution < 1.29 is 0 Å². The summed E-state index contributed by atoms with van der Waals surface area (Å²) in [5.41, 5.74) is 1.01. The van der Waals surface area contributed by atoms with E-state index in [4.69, 9.17) is 0 Å². The van der Waals surface area contributed by atoms with Crippen molar-refractivity contribution in [3.8, 4) is 0 Å². The van der Waals surface area contributed by atoms with Crippen LogP contribution in [0.3, 0.4) is 0 Å². The normalized spacial score (nSPS) is 14.9. The Kier molecular flexibility index (Phi) is 5.26. The smallest absolute Gasteiger partial charge is 0.0753 e. The van der Waals surface area contributed by atoms with E-state index in [1.54, 1.807) is 12.4 Å². The van der Waals surface area contributed by atoms with E-state index in [0.29, 0.717) is 6.04 Å². The van der Waals surface area contributed by atoms with E-state index in [-0.39, 0.29) is 6.04 Å². The third-order valence-electron chi connectivity index (χ3n) is 2.55. The largest absolute Gasteiger partial charge is 0.306 e. The lowest BCUT2D eigenvalue weighted by Crippen LogP contribution is -2.29. The molecule has 1 heterocycles. The number of aromatic nitrogens is 2. The molecule has 1 aromatic rings. The van der Waals surface area contributed by atoms with Crippen molar-refractivity contribution in [3.05, 3.63) is 24.3 Å². The molecule has 0 aromatic carbocycles. The van der Waals surface area contributed by atoms with Gasteiger partial charge in [0.25, 0.3) is 0 Å². The standard InChI is InChI=1S/C12H21N3/c1-4-5-6-10(2)15-11(3)12-9-13-7-8-14-12/h7-11,15H,4-6H2,1-3H3. The molecule has 1 aromatic heterocycles. The van der Waals surface area contributed by atoms with Crippen molar-refractivity contribution in [2.45, 2.75) is 52.1 Å². The average molecular weight is 207 g/mol. The van der Waals surface area contributed by atoms with Crippen LogP contribution in [0.25, 0.3) is 0 Å². The van der Waals surface area contributed by atoms with Crippen LogP contribution in [0.1, 0.15) is 51.8 Å². The molecule has 3 nitrogen and oxygen atoms in total. The van der Waals surface area contributed by atoms with Crippen LogP contribution in [0.5, 0.6) is 0 Å². The molecule has 3 heteroatoms. The van der Waals surface area contributed by atoms with E-state index in [9.17, 15) is 0 Å². The molecular formula is C12H21N3. The fourth-order valence-corrected chi connectivity index (χ4v) is 1.64. The van der Waals surface area contributed by atoms with Gasteiger partial charge in [0.05, 0.1) is 5.69 Å². The number of hydrogen-bond donors (Lipinski definition) is 1. The zero-order valence-electron chi connectivity index (χ0n) is 9.90. The lowest BCUT2D eigenvalue weighted by atomic mass is 10.1. The van der Waals surface area contributed by atoms with Crippen LogP contribution in [0.4, 0.5) is 0 Å². The monoisotopic (exact) mass is 207 g/mol. The van der Waals surface area contributed by atoms with E-state index >= 15 is 0 Å². The van der Waals surface area contributed by atoms with Gasteiger partial charge in [-0.25, -0.2) is 0 Å². The molecule has 0 saturated heterocycles. The van der Waals surface area contributed by atoms with Crippen LogP contribution in [-0.4, -0.2) is 16.0 Å². The highest BCUT2D eigenvalue weighted by Crippen LogP contribution is 2.10. The maximum absolute atomic E-state index is 4.29. The minimum absolute atomic E-state index is 0.283. The van der Waals surface area contributed by atoms with E-state index in [1.807, 2.05) is 6.20 Å². The van der Waals surface area contributed by atoms with Gasteiger partial charge in [0.2, 0.25) is 0 Å². The first kappa shape index (κ1) is 12.1. The van der Waals surface area contributed by atoms with Crippen molar-refractivity contribution in [2.75, 3.05) is 0 Å². The van der Waals surface area contributed by atoms with Gasteiger partial charge in [-0.1, -0.05) is 19.8 Å². The van der Waals surface area contributed by atoms with Gasteiger partial charge in [-0.05, 0) is 20.3 Å². The third-order valence-corrected chi connectivity index (χ3v) is 2.55. The van der Waals surface area contributed by atoms with Gasteiger partial charge in [-0.15, -0.1) is 0 Å². The topological polar surface area (TPSA) is 37.8 Å². The molecule has 15 heavy (non-hydrogen) atoms. The molecule has 0 aliphatic heterocycles. The minimum atomic E-state index is 0.283. The fourth-order valence-electron chi connectivity index (χ4n) is 1.64. The van der Waals surface area contributed by atoms with Gasteiger partial charge in [0, 0.05) is 30.7 Å². The molecular weight excluding hydrogens is 186 g/mol. The summed E-state index contributed by atoms with van der Waals surface area (Å²) in [5.74, 6) is 0. The molecule has 1 rings (SSSR count). The maximum Gasteiger partial charge on any atom is 0.0753 e. The second kappa shape index (κ2) is 6.51. The average Bonchev–Trinajstić information content (AvgIpc) is 2.27. The summed E-state index contributed by atoms with van der Waals surface area (Å²) in [4.78, 5) is 8.36.